The molecule has 0 unspecified atom stereocenters. The van der Waals surface area contributed by atoms with Crippen molar-refractivity contribution in [2.24, 2.45) is 0 Å². The number of nitrogens with one attached hydrogen (secondary N) is 2. The van der Waals surface area contributed by atoms with Gasteiger partial charge < -0.3 is 15.5 Å². The van der Waals surface area contributed by atoms with Gasteiger partial charge in [-0.1, -0.05) is 6.92 Å². The molecule has 21 heavy (non-hydrogen) atoms. The fraction of sp³-hybridized carbons (Fsp3) is 0.929. The van der Waals surface area contributed by atoms with Crippen molar-refractivity contribution < 1.29 is 4.79 Å². The number of carbonyl (C=O) groups excluding carboxylic acids is 1. The fourth-order valence-corrected chi connectivity index (χ4v) is 2.97. The van der Waals surface area contributed by atoms with Crippen LogP contribution in [0.15, 0.2) is 0 Å². The molecule has 2 saturated heterocycles. The second-order valence-electron chi connectivity index (χ2n) is 5.80. The number of piperidine rings is 1. The van der Waals surface area contributed by atoms with Crippen molar-refractivity contribution in [2.75, 3.05) is 45.8 Å². The number of nitrogens with zero attached hydrogens (tertiary/aromatic N) is 2. The Hall–Kier alpha value is -0.0700. The van der Waals surface area contributed by atoms with Crippen molar-refractivity contribution in [1.82, 2.24) is 20.4 Å². The van der Waals surface area contributed by atoms with Crippen LogP contribution in [0.25, 0.3) is 0 Å². The van der Waals surface area contributed by atoms with Crippen molar-refractivity contribution in [2.45, 2.75) is 38.8 Å². The topological polar surface area (TPSA) is 47.6 Å². The van der Waals surface area contributed by atoms with E-state index >= 15 is 0 Å². The van der Waals surface area contributed by atoms with Gasteiger partial charge in [0.25, 0.3) is 0 Å². The summed E-state index contributed by atoms with van der Waals surface area (Å²) >= 11 is 0. The number of carbonyl (C=O) groups is 1. The van der Waals surface area contributed by atoms with Crippen LogP contribution >= 0.6 is 24.8 Å². The van der Waals surface area contributed by atoms with Crippen LogP contribution in [0.1, 0.15) is 26.7 Å². The van der Waals surface area contributed by atoms with Crippen LogP contribution in [0.4, 0.5) is 0 Å². The second-order valence-corrected chi connectivity index (χ2v) is 5.80. The molecule has 2 fully saturated rings. The van der Waals surface area contributed by atoms with Gasteiger partial charge >= 0.3 is 0 Å². The Balaban J connectivity index is 0.00000200. The molecule has 2 rings (SSSR count). The number of likely N-dealkylation sites (tertiary alicyclic amines) is 1. The van der Waals surface area contributed by atoms with Crippen molar-refractivity contribution in [3.05, 3.63) is 0 Å². The van der Waals surface area contributed by atoms with Crippen LogP contribution in [0.2, 0.25) is 0 Å². The Morgan fingerprint density at radius 2 is 1.90 bits per heavy atom. The first-order valence-electron chi connectivity index (χ1n) is 7.65. The van der Waals surface area contributed by atoms with Crippen LogP contribution in [-0.4, -0.2) is 73.6 Å². The number of hydrogen-bond acceptors (Lipinski definition) is 4. The molecule has 0 aromatic heterocycles. The molecule has 1 amide bonds. The summed E-state index contributed by atoms with van der Waals surface area (Å²) in [7, 11) is 0. The molecule has 2 aliphatic rings. The molecule has 2 heterocycles. The van der Waals surface area contributed by atoms with Gasteiger partial charge in [-0.15, -0.1) is 24.8 Å². The normalized spacial score (nSPS) is 24.8. The molecule has 0 saturated carbocycles. The molecular formula is C14H30Cl2N4O. The minimum atomic E-state index is 0. The third-order valence-electron chi connectivity index (χ3n) is 4.39. The second kappa shape index (κ2) is 10.6. The van der Waals surface area contributed by atoms with E-state index in [0.29, 0.717) is 18.6 Å². The zero-order chi connectivity index (χ0) is 13.7. The lowest BCUT2D eigenvalue weighted by molar-refractivity contribution is -0.124. The lowest BCUT2D eigenvalue weighted by atomic mass is 10.1. The maximum Gasteiger partial charge on any atom is 0.234 e. The number of amides is 1. The summed E-state index contributed by atoms with van der Waals surface area (Å²) in [6.45, 7) is 11.2. The van der Waals surface area contributed by atoms with Crippen LogP contribution in [0.3, 0.4) is 0 Å². The van der Waals surface area contributed by atoms with Gasteiger partial charge in [-0.2, -0.15) is 0 Å². The zero-order valence-electron chi connectivity index (χ0n) is 13.1. The van der Waals surface area contributed by atoms with Gasteiger partial charge in [0, 0.05) is 44.8 Å². The quantitative estimate of drug-likeness (QED) is 0.791. The van der Waals surface area contributed by atoms with Crippen molar-refractivity contribution in [3.63, 3.8) is 0 Å². The fourth-order valence-electron chi connectivity index (χ4n) is 2.97. The van der Waals surface area contributed by atoms with Crippen LogP contribution in [0.5, 0.6) is 0 Å². The monoisotopic (exact) mass is 340 g/mol. The SMILES string of the molecule is CCN1CCC(NC(=O)CN2CCNC[C@H]2C)CC1.Cl.Cl. The first kappa shape index (κ1) is 20.9. The summed E-state index contributed by atoms with van der Waals surface area (Å²) in [5.74, 6) is 0.198. The first-order chi connectivity index (χ1) is 9.19. The van der Waals surface area contributed by atoms with E-state index in [0.717, 1.165) is 52.1 Å². The van der Waals surface area contributed by atoms with Gasteiger partial charge in [0.1, 0.15) is 0 Å². The average molecular weight is 341 g/mol. The molecule has 1 atom stereocenters. The number of halogens is 2. The highest BCUT2D eigenvalue weighted by Crippen LogP contribution is 2.10. The van der Waals surface area contributed by atoms with E-state index in [1.807, 2.05) is 0 Å². The molecule has 2 N–H and O–H groups in total. The Morgan fingerprint density at radius 1 is 1.24 bits per heavy atom. The average Bonchev–Trinajstić information content (AvgIpc) is 2.42. The summed E-state index contributed by atoms with van der Waals surface area (Å²) in [4.78, 5) is 16.8. The van der Waals surface area contributed by atoms with Crippen LogP contribution in [-0.2, 0) is 4.79 Å². The molecule has 126 valence electrons. The van der Waals surface area contributed by atoms with Gasteiger partial charge in [0.15, 0.2) is 0 Å². The van der Waals surface area contributed by atoms with E-state index in [2.05, 4.69) is 34.3 Å². The van der Waals surface area contributed by atoms with Crippen LogP contribution in [0, 0.1) is 0 Å². The van der Waals surface area contributed by atoms with Gasteiger partial charge in [-0.05, 0) is 26.3 Å². The highest BCUT2D eigenvalue weighted by molar-refractivity contribution is 5.85. The number of piperazine rings is 1. The Morgan fingerprint density at radius 3 is 2.48 bits per heavy atom. The van der Waals surface area contributed by atoms with E-state index in [1.165, 1.54) is 0 Å². The Labute approximate surface area is 141 Å². The summed E-state index contributed by atoms with van der Waals surface area (Å²) < 4.78 is 0. The summed E-state index contributed by atoms with van der Waals surface area (Å²) in [5, 5.41) is 6.56. The number of hydrogen-bond donors (Lipinski definition) is 2. The third-order valence-corrected chi connectivity index (χ3v) is 4.39. The predicted molar refractivity (Wildman–Crippen MR) is 91.7 cm³/mol. The van der Waals surface area contributed by atoms with Gasteiger partial charge in [0.05, 0.1) is 6.54 Å². The lowest BCUT2D eigenvalue weighted by Crippen LogP contribution is -2.54. The molecule has 0 aromatic carbocycles. The minimum absolute atomic E-state index is 0. The molecular weight excluding hydrogens is 311 g/mol. The van der Waals surface area contributed by atoms with Gasteiger partial charge in [-0.3, -0.25) is 9.69 Å². The molecule has 0 aromatic rings. The molecule has 0 bridgehead atoms. The van der Waals surface area contributed by atoms with Crippen molar-refractivity contribution >= 4 is 30.7 Å². The first-order valence-corrected chi connectivity index (χ1v) is 7.65. The predicted octanol–water partition coefficient (Wildman–Crippen LogP) is 0.724. The molecule has 0 aliphatic carbocycles. The number of rotatable bonds is 4. The van der Waals surface area contributed by atoms with E-state index < -0.39 is 0 Å². The standard InChI is InChI=1S/C14H28N4O.2ClH/c1-3-17-7-4-13(5-8-17)16-14(19)11-18-9-6-15-10-12(18)2;;/h12-13,15H,3-11H2,1-2H3,(H,16,19);2*1H/t12-;;/m1../s1. The van der Waals surface area contributed by atoms with Crippen molar-refractivity contribution in [3.8, 4) is 0 Å². The summed E-state index contributed by atoms with van der Waals surface area (Å²) in [5.41, 5.74) is 0. The highest BCUT2D eigenvalue weighted by atomic mass is 35.5. The van der Waals surface area contributed by atoms with E-state index in [4.69, 9.17) is 0 Å². The van der Waals surface area contributed by atoms with Crippen molar-refractivity contribution in [1.29, 1.82) is 0 Å². The van der Waals surface area contributed by atoms with E-state index in [9.17, 15) is 4.79 Å². The zero-order valence-corrected chi connectivity index (χ0v) is 14.8. The Kier molecular flexibility index (Phi) is 10.6. The largest absolute Gasteiger partial charge is 0.352 e. The molecule has 2 aliphatic heterocycles. The maximum absolute atomic E-state index is 12.1. The molecule has 0 spiro atoms. The van der Waals surface area contributed by atoms with Gasteiger partial charge in [-0.25, -0.2) is 0 Å². The van der Waals surface area contributed by atoms with E-state index in [-0.39, 0.29) is 30.7 Å². The van der Waals surface area contributed by atoms with Gasteiger partial charge in [0.2, 0.25) is 5.91 Å². The molecule has 5 nitrogen and oxygen atoms in total. The Bertz CT molecular complexity index is 299. The summed E-state index contributed by atoms with van der Waals surface area (Å²) in [6, 6.07) is 0.843. The molecule has 7 heteroatoms. The van der Waals surface area contributed by atoms with Crippen LogP contribution < -0.4 is 10.6 Å². The third kappa shape index (κ3) is 6.70. The summed E-state index contributed by atoms with van der Waals surface area (Å²) in [6.07, 6.45) is 2.19. The molecule has 0 radical (unpaired) electrons. The maximum atomic E-state index is 12.1. The minimum Gasteiger partial charge on any atom is -0.352 e. The van der Waals surface area contributed by atoms with E-state index in [1.54, 1.807) is 0 Å². The highest BCUT2D eigenvalue weighted by Gasteiger charge is 2.23. The smallest absolute Gasteiger partial charge is 0.234 e. The lowest BCUT2D eigenvalue weighted by Gasteiger charge is -2.35.